The van der Waals surface area contributed by atoms with E-state index in [2.05, 4.69) is 25.4 Å². The van der Waals surface area contributed by atoms with Gasteiger partial charge in [0.05, 0.1) is 12.2 Å². The Hall–Kier alpha value is -3.95. The smallest absolute Gasteiger partial charge is 0.326 e. The van der Waals surface area contributed by atoms with Crippen molar-refractivity contribution in [3.05, 3.63) is 68.7 Å². The molecule has 0 aliphatic heterocycles. The summed E-state index contributed by atoms with van der Waals surface area (Å²) < 4.78 is 15.3. The lowest BCUT2D eigenvalue weighted by Gasteiger charge is -2.09. The van der Waals surface area contributed by atoms with Crippen LogP contribution in [0.5, 0.6) is 5.88 Å². The molecule has 3 aromatic heterocycles. The van der Waals surface area contributed by atoms with Gasteiger partial charge in [-0.2, -0.15) is 9.61 Å². The molecule has 5 rings (SSSR count). The van der Waals surface area contributed by atoms with Crippen molar-refractivity contribution < 1.29 is 9.50 Å². The van der Waals surface area contributed by atoms with E-state index >= 15 is 0 Å². The Labute approximate surface area is 168 Å². The van der Waals surface area contributed by atoms with Crippen molar-refractivity contribution in [1.82, 2.24) is 24.6 Å². The first-order chi connectivity index (χ1) is 14.5. The maximum Gasteiger partial charge on any atom is 0.326 e. The third kappa shape index (κ3) is 3.43. The summed E-state index contributed by atoms with van der Waals surface area (Å²) in [6.07, 6.45) is 5.19. The number of H-pyrrole nitrogens is 2. The molecule has 1 fully saturated rings. The van der Waals surface area contributed by atoms with Crippen LogP contribution in [0.2, 0.25) is 0 Å². The molecule has 0 atom stereocenters. The lowest BCUT2D eigenvalue weighted by atomic mass is 10.2. The summed E-state index contributed by atoms with van der Waals surface area (Å²) in [7, 11) is 0. The Morgan fingerprint density at radius 3 is 2.90 bits per heavy atom. The van der Waals surface area contributed by atoms with Crippen LogP contribution in [0.3, 0.4) is 0 Å². The van der Waals surface area contributed by atoms with Gasteiger partial charge < -0.3 is 15.4 Å². The molecule has 0 spiro atoms. The van der Waals surface area contributed by atoms with Gasteiger partial charge in [-0.3, -0.25) is 9.98 Å². The van der Waals surface area contributed by atoms with Gasteiger partial charge in [0.1, 0.15) is 17.3 Å². The van der Waals surface area contributed by atoms with E-state index in [0.29, 0.717) is 27.9 Å². The fourth-order valence-corrected chi connectivity index (χ4v) is 3.13. The van der Waals surface area contributed by atoms with E-state index in [1.54, 1.807) is 28.9 Å². The number of hydrogen-bond acceptors (Lipinski definition) is 6. The topological polar surface area (TPSA) is 123 Å². The second-order valence-corrected chi connectivity index (χ2v) is 7.27. The molecule has 0 saturated heterocycles. The monoisotopic (exact) mass is 407 g/mol. The maximum absolute atomic E-state index is 13.7. The van der Waals surface area contributed by atoms with Crippen molar-refractivity contribution in [3.8, 4) is 5.88 Å². The zero-order valence-electron chi connectivity index (χ0n) is 16.0. The molecule has 1 aromatic carbocycles. The molecule has 0 bridgehead atoms. The van der Waals surface area contributed by atoms with Crippen molar-refractivity contribution in [2.75, 3.05) is 5.32 Å². The predicted octanol–water partition coefficient (Wildman–Crippen LogP) is 1.25. The van der Waals surface area contributed by atoms with Gasteiger partial charge in [0.25, 0.3) is 0 Å². The van der Waals surface area contributed by atoms with Crippen LogP contribution >= 0.6 is 0 Å². The first kappa shape index (κ1) is 18.1. The number of aromatic amines is 2. The van der Waals surface area contributed by atoms with Gasteiger partial charge in [0, 0.05) is 17.0 Å². The average Bonchev–Trinajstić information content (AvgIpc) is 3.34. The van der Waals surface area contributed by atoms with Crippen LogP contribution in [0, 0.1) is 12.7 Å². The molecule has 1 aliphatic carbocycles. The summed E-state index contributed by atoms with van der Waals surface area (Å²) in [5.41, 5.74) is 2.27. The average molecular weight is 407 g/mol. The van der Waals surface area contributed by atoms with Gasteiger partial charge in [-0.1, -0.05) is 6.07 Å². The Balaban J connectivity index is 1.69. The number of benzene rings is 1. The van der Waals surface area contributed by atoms with Crippen LogP contribution < -0.4 is 21.7 Å². The highest BCUT2D eigenvalue weighted by molar-refractivity contribution is 5.63. The Morgan fingerprint density at radius 2 is 2.17 bits per heavy atom. The van der Waals surface area contributed by atoms with Crippen LogP contribution in [-0.2, 0) is 0 Å². The summed E-state index contributed by atoms with van der Waals surface area (Å²) in [6.45, 7) is 1.87. The number of halogens is 1. The Bertz CT molecular complexity index is 1450. The van der Waals surface area contributed by atoms with E-state index in [1.807, 2.05) is 6.92 Å². The van der Waals surface area contributed by atoms with Crippen LogP contribution in [0.25, 0.3) is 11.7 Å². The lowest BCUT2D eigenvalue weighted by Crippen LogP contribution is -2.20. The van der Waals surface area contributed by atoms with Gasteiger partial charge >= 0.3 is 5.69 Å². The van der Waals surface area contributed by atoms with E-state index in [9.17, 15) is 14.3 Å². The second-order valence-electron chi connectivity index (χ2n) is 7.27. The van der Waals surface area contributed by atoms with Crippen molar-refractivity contribution in [2.45, 2.75) is 25.8 Å². The zero-order chi connectivity index (χ0) is 20.8. The van der Waals surface area contributed by atoms with Gasteiger partial charge in [0.15, 0.2) is 11.1 Å². The van der Waals surface area contributed by atoms with E-state index in [-0.39, 0.29) is 23.4 Å². The molecular weight excluding hydrogens is 389 g/mol. The Kier molecular flexibility index (Phi) is 4.12. The lowest BCUT2D eigenvalue weighted by molar-refractivity contribution is 0.454. The molecule has 1 aliphatic rings. The predicted molar refractivity (Wildman–Crippen MR) is 108 cm³/mol. The molecule has 152 valence electrons. The molecule has 3 heterocycles. The molecule has 0 unspecified atom stereocenters. The van der Waals surface area contributed by atoms with Crippen LogP contribution in [-0.4, -0.2) is 35.7 Å². The normalized spacial score (nSPS) is 15.3. The number of rotatable bonds is 4. The van der Waals surface area contributed by atoms with E-state index in [1.165, 1.54) is 12.1 Å². The van der Waals surface area contributed by atoms with E-state index in [0.717, 1.165) is 18.4 Å². The van der Waals surface area contributed by atoms with Crippen LogP contribution in [0.4, 0.5) is 15.9 Å². The molecule has 0 amide bonds. The minimum absolute atomic E-state index is 0.219. The van der Waals surface area contributed by atoms with E-state index in [4.69, 9.17) is 4.99 Å². The fraction of sp³-hybridized carbons (Fsp3) is 0.200. The largest absolute Gasteiger partial charge is 0.493 e. The first-order valence-corrected chi connectivity index (χ1v) is 9.45. The number of nitrogens with one attached hydrogen (secondary N) is 3. The van der Waals surface area contributed by atoms with Crippen molar-refractivity contribution in [2.24, 2.45) is 4.99 Å². The highest BCUT2D eigenvalue weighted by Crippen LogP contribution is 2.23. The first-order valence-electron chi connectivity index (χ1n) is 9.45. The highest BCUT2D eigenvalue weighted by Gasteiger charge is 2.20. The summed E-state index contributed by atoms with van der Waals surface area (Å²) in [4.78, 5) is 25.5. The number of hydrogen-bond donors (Lipinski definition) is 4. The number of anilines is 2. The highest BCUT2D eigenvalue weighted by atomic mass is 19.1. The molecule has 30 heavy (non-hydrogen) atoms. The number of nitrogens with zero attached hydrogens (tertiary/aromatic N) is 4. The number of aromatic hydroxyl groups is 1. The molecule has 4 aromatic rings. The number of imidazole rings is 1. The minimum Gasteiger partial charge on any atom is -0.493 e. The van der Waals surface area contributed by atoms with Crippen molar-refractivity contribution in [3.63, 3.8) is 0 Å². The molecule has 0 radical (unpaired) electrons. The summed E-state index contributed by atoms with van der Waals surface area (Å²) in [5.74, 6) is -0.137. The standard InChI is InChI=1S/C20H18FN7O2/c1-10-2-3-12(21)7-14(10)24-16-8-17(23-13-4-5-13)28-18(26-16)11(9-22-28)6-15-19(29)27-20(30)25-15/h2-3,6-9,13,24,29H,4-5H2,1H3,(H2,25,27,30). The van der Waals surface area contributed by atoms with Crippen molar-refractivity contribution >= 4 is 23.2 Å². The molecular formula is C20H18FN7O2. The molecule has 9 nitrogen and oxygen atoms in total. The SMILES string of the molecule is Cc1ccc(F)cc1Nc1cc(=NC2CC2)n2ncc(=Cc3[nH]c(=O)[nH]c3O)c2n1. The van der Waals surface area contributed by atoms with Gasteiger partial charge in [-0.25, -0.2) is 14.2 Å². The summed E-state index contributed by atoms with van der Waals surface area (Å²) in [6, 6.07) is 6.52. The summed E-state index contributed by atoms with van der Waals surface area (Å²) in [5, 5.41) is 18.0. The van der Waals surface area contributed by atoms with Crippen LogP contribution in [0.1, 0.15) is 24.1 Å². The van der Waals surface area contributed by atoms with Crippen molar-refractivity contribution in [1.29, 1.82) is 0 Å². The zero-order valence-corrected chi connectivity index (χ0v) is 16.0. The molecule has 10 heteroatoms. The number of aryl methyl sites for hydroxylation is 1. The quantitative estimate of drug-likeness (QED) is 0.405. The second kappa shape index (κ2) is 6.83. The Morgan fingerprint density at radius 1 is 1.33 bits per heavy atom. The van der Waals surface area contributed by atoms with Gasteiger partial charge in [-0.05, 0) is 43.5 Å². The van der Waals surface area contributed by atoms with Gasteiger partial charge in [-0.15, -0.1) is 0 Å². The van der Waals surface area contributed by atoms with E-state index < -0.39 is 5.69 Å². The third-order valence-electron chi connectivity index (χ3n) is 4.84. The fourth-order valence-electron chi connectivity index (χ4n) is 3.13. The minimum atomic E-state index is -0.517. The maximum atomic E-state index is 13.7. The van der Waals surface area contributed by atoms with Crippen LogP contribution in [0.15, 0.2) is 40.2 Å². The number of aromatic nitrogens is 5. The summed E-state index contributed by atoms with van der Waals surface area (Å²) >= 11 is 0. The number of fused-ring (bicyclic) bond motifs is 1. The molecule has 4 N–H and O–H groups in total. The molecule has 1 saturated carbocycles. The van der Waals surface area contributed by atoms with Gasteiger partial charge in [0.2, 0.25) is 5.88 Å². The third-order valence-corrected chi connectivity index (χ3v) is 4.84.